The third-order valence-electron chi connectivity index (χ3n) is 1.77. The molecule has 0 bridgehead atoms. The van der Waals surface area contributed by atoms with Gasteiger partial charge in [-0.05, 0) is 25.5 Å². The summed E-state index contributed by atoms with van der Waals surface area (Å²) < 4.78 is 12.9. The van der Waals surface area contributed by atoms with Gasteiger partial charge in [-0.15, -0.1) is 0 Å². The van der Waals surface area contributed by atoms with Crippen LogP contribution in [0.25, 0.3) is 0 Å². The normalized spacial score (nSPS) is 11.6. The number of rotatable bonds is 1. The molecule has 0 aromatic heterocycles. The molecule has 0 radical (unpaired) electrons. The Labute approximate surface area is 89.5 Å². The smallest absolute Gasteiger partial charge is 0.142 e. The summed E-state index contributed by atoms with van der Waals surface area (Å²) >= 11 is 5.66. The van der Waals surface area contributed by atoms with E-state index in [1.54, 1.807) is 19.9 Å². The molecule has 1 N–H and O–H groups in total. The maximum absolute atomic E-state index is 12.9. The van der Waals surface area contributed by atoms with Crippen molar-refractivity contribution in [3.05, 3.63) is 34.1 Å². The summed E-state index contributed by atoms with van der Waals surface area (Å²) in [4.78, 5) is 0. The minimum Gasteiger partial charge on any atom is -0.389 e. The molecule has 1 rings (SSSR count). The van der Waals surface area contributed by atoms with Crippen molar-refractivity contribution >= 4 is 11.6 Å². The van der Waals surface area contributed by atoms with E-state index >= 15 is 0 Å². The van der Waals surface area contributed by atoms with Crippen LogP contribution >= 0.6 is 11.6 Å². The molecule has 1 atom stereocenters. The lowest BCUT2D eigenvalue weighted by Gasteiger charge is -2.10. The van der Waals surface area contributed by atoms with E-state index < -0.39 is 11.9 Å². The molecule has 80 valence electrons. The Bertz CT molecular complexity index is 298. The minimum atomic E-state index is -0.729. The fourth-order valence-corrected chi connectivity index (χ4v) is 1.55. The van der Waals surface area contributed by atoms with Gasteiger partial charge in [0.15, 0.2) is 0 Å². The average molecular weight is 219 g/mol. The first-order valence-corrected chi connectivity index (χ1v) is 5.04. The highest BCUT2D eigenvalue weighted by Gasteiger charge is 2.12. The summed E-state index contributed by atoms with van der Waals surface area (Å²) in [6, 6.07) is 2.90. The van der Waals surface area contributed by atoms with E-state index in [0.29, 0.717) is 5.56 Å². The van der Waals surface area contributed by atoms with E-state index in [1.165, 1.54) is 6.07 Å². The number of aliphatic hydroxyl groups is 1. The predicted molar refractivity (Wildman–Crippen MR) is 58.1 cm³/mol. The number of aryl methyl sites for hydroxylation is 1. The lowest BCUT2D eigenvalue weighted by molar-refractivity contribution is 0.198. The van der Waals surface area contributed by atoms with Crippen molar-refractivity contribution in [3.63, 3.8) is 0 Å². The Morgan fingerprint density at radius 3 is 2.21 bits per heavy atom. The van der Waals surface area contributed by atoms with Crippen molar-refractivity contribution in [2.75, 3.05) is 0 Å². The second-order valence-electron chi connectivity index (χ2n) is 2.77. The number of aliphatic hydroxyl groups excluding tert-OH is 1. The second-order valence-corrected chi connectivity index (χ2v) is 3.15. The summed E-state index contributed by atoms with van der Waals surface area (Å²) in [5, 5.41) is 9.28. The summed E-state index contributed by atoms with van der Waals surface area (Å²) in [7, 11) is 0. The molecule has 0 fully saturated rings. The van der Waals surface area contributed by atoms with E-state index in [2.05, 4.69) is 0 Å². The molecule has 0 heterocycles. The van der Waals surface area contributed by atoms with Gasteiger partial charge in [-0.1, -0.05) is 31.5 Å². The zero-order chi connectivity index (χ0) is 11.3. The van der Waals surface area contributed by atoms with Crippen LogP contribution in [0.15, 0.2) is 12.1 Å². The minimum absolute atomic E-state index is 0.0185. The van der Waals surface area contributed by atoms with Crippen LogP contribution in [0.3, 0.4) is 0 Å². The van der Waals surface area contributed by atoms with Crippen LogP contribution in [0.2, 0.25) is 5.02 Å². The van der Waals surface area contributed by atoms with E-state index in [0.717, 1.165) is 5.56 Å². The highest BCUT2D eigenvalue weighted by molar-refractivity contribution is 6.31. The number of halogens is 2. The van der Waals surface area contributed by atoms with E-state index in [4.69, 9.17) is 11.6 Å². The first-order chi connectivity index (χ1) is 6.54. The van der Waals surface area contributed by atoms with Crippen molar-refractivity contribution in [2.24, 2.45) is 0 Å². The Hall–Kier alpha value is -0.600. The molecule has 14 heavy (non-hydrogen) atoms. The summed E-state index contributed by atoms with van der Waals surface area (Å²) in [6.45, 7) is 7.35. The molecule has 1 aromatic carbocycles. The Morgan fingerprint density at radius 2 is 1.86 bits per heavy atom. The number of benzene rings is 1. The molecular formula is C11H16ClFO. The van der Waals surface area contributed by atoms with Crippen molar-refractivity contribution in [1.82, 2.24) is 0 Å². The van der Waals surface area contributed by atoms with Crippen LogP contribution in [0.5, 0.6) is 0 Å². The lowest BCUT2D eigenvalue weighted by atomic mass is 10.0. The van der Waals surface area contributed by atoms with Gasteiger partial charge < -0.3 is 5.11 Å². The number of hydrogen-bond acceptors (Lipinski definition) is 1. The molecular weight excluding hydrogens is 203 g/mol. The summed E-state index contributed by atoms with van der Waals surface area (Å²) in [6.07, 6.45) is -0.729. The quantitative estimate of drug-likeness (QED) is 0.759. The fourth-order valence-electron chi connectivity index (χ4n) is 1.18. The Balaban J connectivity index is 0.000000791. The zero-order valence-corrected chi connectivity index (χ0v) is 9.69. The molecule has 0 saturated carbocycles. The van der Waals surface area contributed by atoms with Crippen LogP contribution in [0.4, 0.5) is 4.39 Å². The van der Waals surface area contributed by atoms with Gasteiger partial charge in [-0.2, -0.15) is 0 Å². The molecule has 0 aliphatic heterocycles. The summed E-state index contributed by atoms with van der Waals surface area (Å²) in [5.41, 5.74) is 1.27. The largest absolute Gasteiger partial charge is 0.389 e. The van der Waals surface area contributed by atoms with Crippen molar-refractivity contribution < 1.29 is 9.50 Å². The third kappa shape index (κ3) is 2.96. The molecule has 1 nitrogen and oxygen atoms in total. The number of hydrogen-bond donors (Lipinski definition) is 1. The van der Waals surface area contributed by atoms with E-state index in [9.17, 15) is 9.50 Å². The SMILES string of the molecule is CC.Cc1ccc(F)c(Cl)c1C(C)O. The molecule has 0 saturated heterocycles. The topological polar surface area (TPSA) is 20.2 Å². The zero-order valence-electron chi connectivity index (χ0n) is 8.94. The highest BCUT2D eigenvalue weighted by Crippen LogP contribution is 2.28. The van der Waals surface area contributed by atoms with Gasteiger partial charge in [0.25, 0.3) is 0 Å². The maximum atomic E-state index is 12.9. The molecule has 1 aromatic rings. The Kier molecular flexibility index (Phi) is 5.73. The first-order valence-electron chi connectivity index (χ1n) is 4.66. The fraction of sp³-hybridized carbons (Fsp3) is 0.455. The van der Waals surface area contributed by atoms with E-state index in [1.807, 2.05) is 13.8 Å². The summed E-state index contributed by atoms with van der Waals surface area (Å²) in [5.74, 6) is -0.488. The van der Waals surface area contributed by atoms with Gasteiger partial charge in [0.05, 0.1) is 11.1 Å². The van der Waals surface area contributed by atoms with Gasteiger partial charge >= 0.3 is 0 Å². The molecule has 1 unspecified atom stereocenters. The monoisotopic (exact) mass is 218 g/mol. The van der Waals surface area contributed by atoms with Crippen LogP contribution in [0, 0.1) is 12.7 Å². The van der Waals surface area contributed by atoms with Gasteiger partial charge in [-0.3, -0.25) is 0 Å². The van der Waals surface area contributed by atoms with Crippen LogP contribution in [0.1, 0.15) is 38.0 Å². The standard InChI is InChI=1S/C9H10ClFO.C2H6/c1-5-3-4-7(11)9(10)8(5)6(2)12;1-2/h3-4,6,12H,1-2H3;1-2H3. The lowest BCUT2D eigenvalue weighted by Crippen LogP contribution is -1.97. The van der Waals surface area contributed by atoms with Crippen LogP contribution in [-0.4, -0.2) is 5.11 Å². The molecule has 3 heteroatoms. The van der Waals surface area contributed by atoms with Gasteiger partial charge in [0.1, 0.15) is 5.82 Å². The third-order valence-corrected chi connectivity index (χ3v) is 2.15. The molecule has 0 aliphatic rings. The van der Waals surface area contributed by atoms with Crippen LogP contribution < -0.4 is 0 Å². The van der Waals surface area contributed by atoms with Gasteiger partial charge in [-0.25, -0.2) is 4.39 Å². The second kappa shape index (κ2) is 5.99. The maximum Gasteiger partial charge on any atom is 0.142 e. The van der Waals surface area contributed by atoms with Gasteiger partial charge in [0.2, 0.25) is 0 Å². The molecule has 0 amide bonds. The highest BCUT2D eigenvalue weighted by atomic mass is 35.5. The predicted octanol–water partition coefficient (Wildman–Crippen LogP) is 3.87. The van der Waals surface area contributed by atoms with Crippen molar-refractivity contribution in [1.29, 1.82) is 0 Å². The molecule has 0 aliphatic carbocycles. The van der Waals surface area contributed by atoms with E-state index in [-0.39, 0.29) is 5.02 Å². The Morgan fingerprint density at radius 1 is 1.36 bits per heavy atom. The first kappa shape index (κ1) is 13.4. The van der Waals surface area contributed by atoms with Crippen molar-refractivity contribution in [2.45, 2.75) is 33.8 Å². The van der Waals surface area contributed by atoms with Gasteiger partial charge in [0, 0.05) is 5.56 Å². The average Bonchev–Trinajstić information content (AvgIpc) is 2.15. The van der Waals surface area contributed by atoms with Crippen molar-refractivity contribution in [3.8, 4) is 0 Å². The van der Waals surface area contributed by atoms with Crippen LogP contribution in [-0.2, 0) is 0 Å². The molecule has 0 spiro atoms.